The molecule has 0 aliphatic carbocycles. The van der Waals surface area contributed by atoms with E-state index in [2.05, 4.69) is 26.6 Å². The highest BCUT2D eigenvalue weighted by Crippen LogP contribution is 2.32. The number of amides is 5. The van der Waals surface area contributed by atoms with Crippen LogP contribution in [-0.4, -0.2) is 66.5 Å². The zero-order valence-electron chi connectivity index (χ0n) is 24.8. The lowest BCUT2D eigenvalue weighted by atomic mass is 9.96. The van der Waals surface area contributed by atoms with Gasteiger partial charge in [-0.1, -0.05) is 67.4 Å². The van der Waals surface area contributed by atoms with Crippen molar-refractivity contribution >= 4 is 23.8 Å². The van der Waals surface area contributed by atoms with Crippen LogP contribution in [-0.2, 0) is 14.4 Å². The van der Waals surface area contributed by atoms with Gasteiger partial charge in [-0.25, -0.2) is 4.79 Å². The zero-order valence-corrected chi connectivity index (χ0v) is 24.8. The molecule has 0 bridgehead atoms. The number of nitrogens with zero attached hydrogens (tertiary/aromatic N) is 1. The van der Waals surface area contributed by atoms with Gasteiger partial charge >= 0.3 is 6.03 Å². The molecular formula is C31H44N8O4. The van der Waals surface area contributed by atoms with Crippen molar-refractivity contribution in [3.8, 4) is 0 Å². The van der Waals surface area contributed by atoms with Crippen LogP contribution in [0.25, 0.3) is 0 Å². The largest absolute Gasteiger partial charge is 0.343 e. The predicted octanol–water partition coefficient (Wildman–Crippen LogP) is 1.09. The Morgan fingerprint density at radius 2 is 1.56 bits per heavy atom. The van der Waals surface area contributed by atoms with Crippen molar-refractivity contribution in [2.24, 2.45) is 11.5 Å². The molecule has 5 amide bonds. The molecule has 2 aromatic rings. The summed E-state index contributed by atoms with van der Waals surface area (Å²) in [5.74, 6) is -0.666. The fourth-order valence-corrected chi connectivity index (χ4v) is 5.86. The highest BCUT2D eigenvalue weighted by Gasteiger charge is 2.44. The van der Waals surface area contributed by atoms with Gasteiger partial charge in [0.2, 0.25) is 17.7 Å². The first-order valence-electron chi connectivity index (χ1n) is 15.0. The Morgan fingerprint density at radius 3 is 2.23 bits per heavy atom. The molecule has 2 heterocycles. The van der Waals surface area contributed by atoms with E-state index in [1.807, 2.05) is 42.5 Å². The fourth-order valence-electron chi connectivity index (χ4n) is 5.86. The van der Waals surface area contributed by atoms with E-state index in [0.717, 1.165) is 36.8 Å². The summed E-state index contributed by atoms with van der Waals surface area (Å²) in [4.78, 5) is 54.0. The SMILES string of the molecule is CN[C@@H](C)C(=O)N[C@H]1CCCC[C@H]2CC[C@@H](C(=O)N[C@@H](c3ccccc3)c3ccc(C(N)NC(=O)NCN)cc3)N2C1=O. The molecule has 1 unspecified atom stereocenters. The van der Waals surface area contributed by atoms with E-state index < -0.39 is 36.4 Å². The molecule has 12 heteroatoms. The van der Waals surface area contributed by atoms with Gasteiger partial charge in [-0.15, -0.1) is 0 Å². The van der Waals surface area contributed by atoms with E-state index in [9.17, 15) is 19.2 Å². The summed E-state index contributed by atoms with van der Waals surface area (Å²) in [7, 11) is 1.70. The molecule has 2 aliphatic heterocycles. The summed E-state index contributed by atoms with van der Waals surface area (Å²) in [6.45, 7) is 1.74. The highest BCUT2D eigenvalue weighted by atomic mass is 16.2. The average Bonchev–Trinajstić information content (AvgIpc) is 3.43. The number of likely N-dealkylation sites (N-methyl/N-ethyl adjacent to an activating group) is 1. The van der Waals surface area contributed by atoms with Crippen LogP contribution in [0, 0.1) is 0 Å². The number of hydrogen-bond acceptors (Lipinski definition) is 7. The van der Waals surface area contributed by atoms with Crippen LogP contribution in [0.4, 0.5) is 4.79 Å². The predicted molar refractivity (Wildman–Crippen MR) is 163 cm³/mol. The molecule has 6 atom stereocenters. The summed E-state index contributed by atoms with van der Waals surface area (Å²) in [6.07, 6.45) is 3.71. The maximum absolute atomic E-state index is 14.0. The molecule has 0 aromatic heterocycles. The lowest BCUT2D eigenvalue weighted by Crippen LogP contribution is -2.58. The number of urea groups is 1. The molecule has 12 nitrogen and oxygen atoms in total. The molecule has 2 aliphatic rings. The Labute approximate surface area is 252 Å². The van der Waals surface area contributed by atoms with Crippen LogP contribution in [0.1, 0.15) is 74.3 Å². The van der Waals surface area contributed by atoms with Gasteiger partial charge in [-0.3, -0.25) is 14.4 Å². The highest BCUT2D eigenvalue weighted by molar-refractivity contribution is 5.94. The summed E-state index contributed by atoms with van der Waals surface area (Å²) >= 11 is 0. The van der Waals surface area contributed by atoms with Crippen molar-refractivity contribution in [1.82, 2.24) is 31.5 Å². The van der Waals surface area contributed by atoms with E-state index in [4.69, 9.17) is 11.5 Å². The number of carbonyl (C=O) groups excluding carboxylic acids is 4. The molecule has 9 N–H and O–H groups in total. The topological polar surface area (TPSA) is 184 Å². The molecule has 0 spiro atoms. The number of nitrogens with one attached hydrogen (secondary N) is 5. The molecular weight excluding hydrogens is 548 g/mol. The quantitative estimate of drug-likeness (QED) is 0.201. The summed E-state index contributed by atoms with van der Waals surface area (Å²) in [5.41, 5.74) is 13.9. The smallest absolute Gasteiger partial charge is 0.317 e. The molecule has 2 fully saturated rings. The molecule has 4 rings (SSSR count). The van der Waals surface area contributed by atoms with Gasteiger partial charge in [0.25, 0.3) is 0 Å². The number of rotatable bonds is 10. The number of hydrogen-bond donors (Lipinski definition) is 7. The van der Waals surface area contributed by atoms with E-state index >= 15 is 0 Å². The van der Waals surface area contributed by atoms with Crippen LogP contribution in [0.15, 0.2) is 54.6 Å². The number of benzene rings is 2. The van der Waals surface area contributed by atoms with Crippen LogP contribution < -0.4 is 38.1 Å². The van der Waals surface area contributed by atoms with Crippen LogP contribution >= 0.6 is 0 Å². The van der Waals surface area contributed by atoms with Crippen LogP contribution in [0.5, 0.6) is 0 Å². The van der Waals surface area contributed by atoms with E-state index in [0.29, 0.717) is 18.4 Å². The van der Waals surface area contributed by atoms with Crippen LogP contribution in [0.2, 0.25) is 0 Å². The molecule has 232 valence electrons. The summed E-state index contributed by atoms with van der Waals surface area (Å²) < 4.78 is 0. The first kappa shape index (κ1) is 31.9. The Kier molecular flexibility index (Phi) is 11.1. The molecule has 2 aromatic carbocycles. The number of carbonyl (C=O) groups is 4. The second-order valence-corrected chi connectivity index (χ2v) is 11.2. The van der Waals surface area contributed by atoms with Gasteiger partial charge in [0.15, 0.2) is 0 Å². The molecule has 0 radical (unpaired) electrons. The Bertz CT molecular complexity index is 1260. The van der Waals surface area contributed by atoms with Crippen molar-refractivity contribution in [2.45, 2.75) is 81.8 Å². The van der Waals surface area contributed by atoms with Gasteiger partial charge < -0.3 is 43.0 Å². The molecule has 43 heavy (non-hydrogen) atoms. The summed E-state index contributed by atoms with van der Waals surface area (Å²) in [6, 6.07) is 14.2. The maximum atomic E-state index is 14.0. The van der Waals surface area contributed by atoms with Gasteiger partial charge in [-0.05, 0) is 56.3 Å². The molecule has 2 saturated heterocycles. The lowest BCUT2D eigenvalue weighted by Gasteiger charge is -2.36. The third-order valence-corrected chi connectivity index (χ3v) is 8.38. The van der Waals surface area contributed by atoms with Crippen molar-refractivity contribution < 1.29 is 19.2 Å². The Balaban J connectivity index is 1.54. The minimum absolute atomic E-state index is 0.00839. The van der Waals surface area contributed by atoms with E-state index in [1.54, 1.807) is 31.0 Å². The van der Waals surface area contributed by atoms with Gasteiger partial charge in [0, 0.05) is 6.04 Å². The van der Waals surface area contributed by atoms with Crippen LogP contribution in [0.3, 0.4) is 0 Å². The normalized spacial score (nSPS) is 22.3. The number of fused-ring (bicyclic) bond motifs is 1. The summed E-state index contributed by atoms with van der Waals surface area (Å²) in [5, 5.41) is 14.1. The van der Waals surface area contributed by atoms with Crippen molar-refractivity contribution in [3.63, 3.8) is 0 Å². The van der Waals surface area contributed by atoms with Gasteiger partial charge in [-0.2, -0.15) is 0 Å². The maximum Gasteiger partial charge on any atom is 0.317 e. The van der Waals surface area contributed by atoms with Crippen molar-refractivity contribution in [3.05, 3.63) is 71.3 Å². The average molecular weight is 593 g/mol. The first-order valence-corrected chi connectivity index (χ1v) is 15.0. The molecule has 0 saturated carbocycles. The second kappa shape index (κ2) is 14.9. The standard InChI is InChI=1S/C31H44N8O4/c1-19(34-2)28(40)36-24-11-7-6-10-23-16-17-25(39(23)30(24)42)29(41)37-26(20-8-4-3-5-9-20)21-12-14-22(15-13-21)27(33)38-31(43)35-18-32/h3-5,8-9,12-15,19,23-27,34H,6-7,10-11,16-18,32-33H2,1-2H3,(H,36,40)(H,37,41)(H2,35,38,43)/t19-,23-,24-,25-,26-,27?/m0/s1. The Hall–Kier alpha value is -4.00. The van der Waals surface area contributed by atoms with Crippen molar-refractivity contribution in [1.29, 1.82) is 0 Å². The first-order chi connectivity index (χ1) is 20.7. The van der Waals surface area contributed by atoms with E-state index in [1.165, 1.54) is 0 Å². The lowest BCUT2D eigenvalue weighted by molar-refractivity contribution is -0.144. The number of nitrogens with two attached hydrogens (primary N) is 2. The van der Waals surface area contributed by atoms with Crippen molar-refractivity contribution in [2.75, 3.05) is 13.7 Å². The minimum atomic E-state index is -0.747. The second-order valence-electron chi connectivity index (χ2n) is 11.2. The fraction of sp³-hybridized carbons (Fsp3) is 0.484. The zero-order chi connectivity index (χ0) is 30.9. The van der Waals surface area contributed by atoms with Gasteiger partial charge in [0.1, 0.15) is 18.2 Å². The van der Waals surface area contributed by atoms with Gasteiger partial charge in [0.05, 0.1) is 18.8 Å². The minimum Gasteiger partial charge on any atom is -0.343 e. The third-order valence-electron chi connectivity index (χ3n) is 8.38. The third kappa shape index (κ3) is 7.89. The monoisotopic (exact) mass is 592 g/mol. The van der Waals surface area contributed by atoms with E-state index in [-0.39, 0.29) is 30.4 Å². The Morgan fingerprint density at radius 1 is 0.907 bits per heavy atom.